The standard InChI is InChI=1S/C16H16N2O3S2/c1-11-12(2)18-21-16(11)14-8-9-15(22-14)23(19,20)17-10-13-6-4-3-5-7-13/h3-9,17H,10H2,1-2H3. The highest BCUT2D eigenvalue weighted by Gasteiger charge is 2.20. The van der Waals surface area contributed by atoms with Crippen molar-refractivity contribution in [3.8, 4) is 10.6 Å². The summed E-state index contributed by atoms with van der Waals surface area (Å²) in [6.07, 6.45) is 0. The van der Waals surface area contributed by atoms with E-state index in [2.05, 4.69) is 9.88 Å². The number of hydrogen-bond acceptors (Lipinski definition) is 5. The second kappa shape index (κ2) is 6.27. The van der Waals surface area contributed by atoms with Gasteiger partial charge in [-0.05, 0) is 31.5 Å². The van der Waals surface area contributed by atoms with E-state index in [1.165, 1.54) is 11.3 Å². The molecular weight excluding hydrogens is 332 g/mol. The van der Waals surface area contributed by atoms with Gasteiger partial charge < -0.3 is 4.52 Å². The zero-order valence-corrected chi connectivity index (χ0v) is 14.4. The first kappa shape index (κ1) is 15.9. The zero-order chi connectivity index (χ0) is 16.4. The Kier molecular flexibility index (Phi) is 4.34. The number of aryl methyl sites for hydroxylation is 1. The fraction of sp³-hybridized carbons (Fsp3) is 0.188. The summed E-state index contributed by atoms with van der Waals surface area (Å²) < 4.78 is 32.9. The quantitative estimate of drug-likeness (QED) is 0.766. The SMILES string of the molecule is Cc1noc(-c2ccc(S(=O)(=O)NCc3ccccc3)s2)c1C. The molecule has 3 rings (SSSR count). The molecule has 0 radical (unpaired) electrons. The van der Waals surface area contributed by atoms with Gasteiger partial charge in [0.1, 0.15) is 4.21 Å². The number of nitrogens with one attached hydrogen (secondary N) is 1. The van der Waals surface area contributed by atoms with Crippen LogP contribution in [0.2, 0.25) is 0 Å². The lowest BCUT2D eigenvalue weighted by Gasteiger charge is -2.04. The highest BCUT2D eigenvalue weighted by Crippen LogP contribution is 2.33. The molecule has 0 bridgehead atoms. The van der Waals surface area contributed by atoms with Crippen molar-refractivity contribution < 1.29 is 12.9 Å². The Hall–Kier alpha value is -1.96. The molecule has 0 saturated carbocycles. The molecule has 2 heterocycles. The van der Waals surface area contributed by atoms with Gasteiger partial charge in [-0.2, -0.15) is 0 Å². The molecule has 0 saturated heterocycles. The van der Waals surface area contributed by atoms with Gasteiger partial charge in [0.2, 0.25) is 10.0 Å². The number of nitrogens with zero attached hydrogens (tertiary/aromatic N) is 1. The van der Waals surface area contributed by atoms with Crippen molar-refractivity contribution >= 4 is 21.4 Å². The van der Waals surface area contributed by atoms with Gasteiger partial charge in [-0.15, -0.1) is 11.3 Å². The Morgan fingerprint density at radius 2 is 1.87 bits per heavy atom. The highest BCUT2D eigenvalue weighted by molar-refractivity contribution is 7.91. The number of rotatable bonds is 5. The average Bonchev–Trinajstić information content (AvgIpc) is 3.15. The maximum Gasteiger partial charge on any atom is 0.250 e. The van der Waals surface area contributed by atoms with Crippen molar-refractivity contribution in [3.63, 3.8) is 0 Å². The average molecular weight is 348 g/mol. The first-order valence-electron chi connectivity index (χ1n) is 7.04. The predicted octanol–water partition coefficient (Wildman–Crippen LogP) is 3.50. The molecule has 1 N–H and O–H groups in total. The molecule has 23 heavy (non-hydrogen) atoms. The molecule has 0 spiro atoms. The van der Waals surface area contributed by atoms with Crippen molar-refractivity contribution in [2.45, 2.75) is 24.6 Å². The van der Waals surface area contributed by atoms with Crippen LogP contribution in [-0.2, 0) is 16.6 Å². The molecule has 3 aromatic rings. The molecule has 0 atom stereocenters. The first-order valence-corrected chi connectivity index (χ1v) is 9.34. The maximum atomic E-state index is 12.4. The minimum atomic E-state index is -3.55. The Morgan fingerprint density at radius 3 is 2.52 bits per heavy atom. The fourth-order valence-corrected chi connectivity index (χ4v) is 4.48. The van der Waals surface area contributed by atoms with Gasteiger partial charge in [0.15, 0.2) is 5.76 Å². The predicted molar refractivity (Wildman–Crippen MR) is 89.8 cm³/mol. The van der Waals surface area contributed by atoms with Gasteiger partial charge >= 0.3 is 0 Å². The van der Waals surface area contributed by atoms with Gasteiger partial charge in [-0.25, -0.2) is 13.1 Å². The molecule has 0 unspecified atom stereocenters. The third-order valence-electron chi connectivity index (χ3n) is 3.54. The first-order chi connectivity index (χ1) is 11.0. The molecule has 1 aromatic carbocycles. The third-order valence-corrected chi connectivity index (χ3v) is 6.51. The normalized spacial score (nSPS) is 11.7. The van der Waals surface area contributed by atoms with Gasteiger partial charge in [0.05, 0.1) is 10.6 Å². The van der Waals surface area contributed by atoms with Crippen LogP contribution in [0.15, 0.2) is 51.2 Å². The maximum absolute atomic E-state index is 12.4. The van der Waals surface area contributed by atoms with E-state index >= 15 is 0 Å². The van der Waals surface area contributed by atoms with Crippen molar-refractivity contribution in [2.75, 3.05) is 0 Å². The van der Waals surface area contributed by atoms with Crippen LogP contribution in [0.1, 0.15) is 16.8 Å². The number of hydrogen-bond donors (Lipinski definition) is 1. The van der Waals surface area contributed by atoms with E-state index in [4.69, 9.17) is 4.52 Å². The lowest BCUT2D eigenvalue weighted by molar-refractivity contribution is 0.427. The van der Waals surface area contributed by atoms with E-state index < -0.39 is 10.0 Å². The zero-order valence-electron chi connectivity index (χ0n) is 12.7. The summed E-state index contributed by atoms with van der Waals surface area (Å²) in [5.41, 5.74) is 2.64. The molecule has 0 aliphatic carbocycles. The topological polar surface area (TPSA) is 72.2 Å². The molecule has 7 heteroatoms. The van der Waals surface area contributed by atoms with Gasteiger partial charge in [0, 0.05) is 12.1 Å². The van der Waals surface area contributed by atoms with E-state index in [9.17, 15) is 8.42 Å². The molecule has 0 fully saturated rings. The fourth-order valence-electron chi connectivity index (χ4n) is 2.08. The van der Waals surface area contributed by atoms with Crippen molar-refractivity contribution in [1.29, 1.82) is 0 Å². The number of aromatic nitrogens is 1. The molecule has 0 aliphatic heterocycles. The molecule has 0 amide bonds. The summed E-state index contributed by atoms with van der Waals surface area (Å²) in [5.74, 6) is 0.622. The van der Waals surface area contributed by atoms with E-state index in [1.807, 2.05) is 44.2 Å². The lowest BCUT2D eigenvalue weighted by Crippen LogP contribution is -2.22. The summed E-state index contributed by atoms with van der Waals surface area (Å²) in [5, 5.41) is 3.91. The molecular formula is C16H16N2O3S2. The Balaban J connectivity index is 1.80. The van der Waals surface area contributed by atoms with E-state index in [0.717, 1.165) is 21.7 Å². The minimum absolute atomic E-state index is 0.261. The number of sulfonamides is 1. The van der Waals surface area contributed by atoms with Crippen LogP contribution in [-0.4, -0.2) is 13.6 Å². The second-order valence-electron chi connectivity index (χ2n) is 5.15. The molecule has 0 aliphatic rings. The summed E-state index contributed by atoms with van der Waals surface area (Å²) in [6, 6.07) is 12.7. The van der Waals surface area contributed by atoms with Crippen LogP contribution in [0, 0.1) is 13.8 Å². The van der Waals surface area contributed by atoms with Crippen LogP contribution < -0.4 is 4.72 Å². The van der Waals surface area contributed by atoms with Crippen molar-refractivity contribution in [3.05, 3.63) is 59.3 Å². The highest BCUT2D eigenvalue weighted by atomic mass is 32.2. The smallest absolute Gasteiger partial charge is 0.250 e. The Bertz CT molecular complexity index is 912. The lowest BCUT2D eigenvalue weighted by atomic mass is 10.2. The van der Waals surface area contributed by atoms with E-state index in [-0.39, 0.29) is 10.8 Å². The van der Waals surface area contributed by atoms with Gasteiger partial charge in [0.25, 0.3) is 0 Å². The van der Waals surface area contributed by atoms with E-state index in [0.29, 0.717) is 5.76 Å². The molecule has 5 nitrogen and oxygen atoms in total. The van der Waals surface area contributed by atoms with E-state index in [1.54, 1.807) is 12.1 Å². The van der Waals surface area contributed by atoms with Crippen LogP contribution >= 0.6 is 11.3 Å². The second-order valence-corrected chi connectivity index (χ2v) is 8.23. The van der Waals surface area contributed by atoms with Crippen LogP contribution in [0.4, 0.5) is 0 Å². The number of thiophene rings is 1. The summed E-state index contributed by atoms with van der Waals surface area (Å²) in [6.45, 7) is 4.02. The van der Waals surface area contributed by atoms with Crippen molar-refractivity contribution in [2.24, 2.45) is 0 Å². The molecule has 2 aromatic heterocycles. The van der Waals surface area contributed by atoms with Gasteiger partial charge in [-0.3, -0.25) is 0 Å². The van der Waals surface area contributed by atoms with Crippen molar-refractivity contribution in [1.82, 2.24) is 9.88 Å². The van der Waals surface area contributed by atoms with Crippen LogP contribution in [0.3, 0.4) is 0 Å². The largest absolute Gasteiger partial charge is 0.355 e. The van der Waals surface area contributed by atoms with Crippen LogP contribution in [0.25, 0.3) is 10.6 Å². The van der Waals surface area contributed by atoms with Gasteiger partial charge in [-0.1, -0.05) is 35.5 Å². The Morgan fingerprint density at radius 1 is 1.13 bits per heavy atom. The summed E-state index contributed by atoms with van der Waals surface area (Å²) >= 11 is 1.17. The Labute approximate surface area is 139 Å². The number of benzene rings is 1. The van der Waals surface area contributed by atoms with Crippen LogP contribution in [0.5, 0.6) is 0 Å². The summed E-state index contributed by atoms with van der Waals surface area (Å²) in [7, 11) is -3.55. The third kappa shape index (κ3) is 3.36. The minimum Gasteiger partial charge on any atom is -0.355 e. The monoisotopic (exact) mass is 348 g/mol. The summed E-state index contributed by atoms with van der Waals surface area (Å²) in [4.78, 5) is 0.753. The molecule has 120 valence electrons.